The van der Waals surface area contributed by atoms with E-state index in [1.807, 2.05) is 0 Å². The van der Waals surface area contributed by atoms with Gasteiger partial charge in [0.1, 0.15) is 5.69 Å². The summed E-state index contributed by atoms with van der Waals surface area (Å²) >= 11 is 0. The fraction of sp³-hybridized carbons (Fsp3) is 0.455. The third-order valence-corrected chi connectivity index (χ3v) is 2.45. The molecular formula is C11H12F5NO. The number of anilines is 1. The molecule has 1 rings (SSSR count). The molecule has 0 saturated carbocycles. The van der Waals surface area contributed by atoms with E-state index in [-0.39, 0.29) is 6.54 Å². The van der Waals surface area contributed by atoms with E-state index in [2.05, 4.69) is 5.32 Å². The van der Waals surface area contributed by atoms with Crippen LogP contribution < -0.4 is 5.32 Å². The summed E-state index contributed by atoms with van der Waals surface area (Å²) in [5.41, 5.74) is -1.88. The van der Waals surface area contributed by atoms with Gasteiger partial charge in [-0.05, 0) is 13.8 Å². The zero-order valence-corrected chi connectivity index (χ0v) is 10.0. The van der Waals surface area contributed by atoms with Gasteiger partial charge in [-0.15, -0.1) is 0 Å². The van der Waals surface area contributed by atoms with Crippen LogP contribution in [0, 0.1) is 29.1 Å². The third-order valence-electron chi connectivity index (χ3n) is 2.45. The van der Waals surface area contributed by atoms with E-state index in [0.29, 0.717) is 0 Å². The molecule has 0 aliphatic rings. The molecule has 0 aromatic heterocycles. The minimum Gasteiger partial charge on any atom is -0.377 e. The van der Waals surface area contributed by atoms with Gasteiger partial charge in [-0.25, -0.2) is 22.0 Å². The molecule has 0 fully saturated rings. The van der Waals surface area contributed by atoms with Gasteiger partial charge in [0.15, 0.2) is 23.3 Å². The third kappa shape index (κ3) is 2.72. The second-order valence-electron chi connectivity index (χ2n) is 4.26. The maximum absolute atomic E-state index is 13.3. The van der Waals surface area contributed by atoms with E-state index in [0.717, 1.165) is 0 Å². The van der Waals surface area contributed by atoms with Gasteiger partial charge in [0.05, 0.1) is 5.60 Å². The van der Waals surface area contributed by atoms with Crippen LogP contribution in [0.25, 0.3) is 0 Å². The van der Waals surface area contributed by atoms with Crippen LogP contribution in [0.5, 0.6) is 0 Å². The van der Waals surface area contributed by atoms with Crippen LogP contribution in [0.1, 0.15) is 13.8 Å². The van der Waals surface area contributed by atoms with Gasteiger partial charge in [0, 0.05) is 13.7 Å². The Kier molecular flexibility index (Phi) is 4.16. The van der Waals surface area contributed by atoms with Crippen LogP contribution in [0.2, 0.25) is 0 Å². The van der Waals surface area contributed by atoms with Crippen LogP contribution >= 0.6 is 0 Å². The number of hydrogen-bond acceptors (Lipinski definition) is 2. The highest BCUT2D eigenvalue weighted by Gasteiger charge is 2.27. The largest absolute Gasteiger partial charge is 0.377 e. The first-order valence-corrected chi connectivity index (χ1v) is 5.01. The molecule has 0 heterocycles. The minimum absolute atomic E-state index is 0.123. The van der Waals surface area contributed by atoms with Crippen molar-refractivity contribution in [3.05, 3.63) is 29.1 Å². The Bertz CT molecular complexity index is 432. The molecule has 2 nitrogen and oxygen atoms in total. The molecular weight excluding hydrogens is 257 g/mol. The van der Waals surface area contributed by atoms with Crippen LogP contribution in [-0.4, -0.2) is 19.3 Å². The molecule has 18 heavy (non-hydrogen) atoms. The van der Waals surface area contributed by atoms with Crippen molar-refractivity contribution >= 4 is 5.69 Å². The van der Waals surface area contributed by atoms with Gasteiger partial charge in [0.2, 0.25) is 5.82 Å². The summed E-state index contributed by atoms with van der Waals surface area (Å²) in [4.78, 5) is 0. The van der Waals surface area contributed by atoms with Gasteiger partial charge < -0.3 is 10.1 Å². The molecule has 0 radical (unpaired) electrons. The van der Waals surface area contributed by atoms with E-state index < -0.39 is 40.4 Å². The first-order chi connectivity index (χ1) is 8.21. The quantitative estimate of drug-likeness (QED) is 0.515. The Morgan fingerprint density at radius 2 is 1.28 bits per heavy atom. The number of methoxy groups -OCH3 is 1. The molecule has 0 bridgehead atoms. The van der Waals surface area contributed by atoms with Crippen molar-refractivity contribution in [2.24, 2.45) is 0 Å². The second kappa shape index (κ2) is 5.09. The highest BCUT2D eigenvalue weighted by atomic mass is 19.2. The zero-order chi connectivity index (χ0) is 14.1. The number of benzene rings is 1. The Morgan fingerprint density at radius 3 is 1.67 bits per heavy atom. The highest BCUT2D eigenvalue weighted by Crippen LogP contribution is 2.27. The molecule has 0 aliphatic carbocycles. The van der Waals surface area contributed by atoms with E-state index >= 15 is 0 Å². The molecule has 1 aromatic carbocycles. The van der Waals surface area contributed by atoms with Gasteiger partial charge in [-0.2, -0.15) is 0 Å². The maximum Gasteiger partial charge on any atom is 0.200 e. The van der Waals surface area contributed by atoms with Crippen molar-refractivity contribution in [3.8, 4) is 0 Å². The first-order valence-electron chi connectivity index (χ1n) is 5.01. The molecule has 1 N–H and O–H groups in total. The maximum atomic E-state index is 13.3. The average Bonchev–Trinajstić information content (AvgIpc) is 2.34. The van der Waals surface area contributed by atoms with E-state index in [1.54, 1.807) is 13.8 Å². The van der Waals surface area contributed by atoms with Gasteiger partial charge in [-0.3, -0.25) is 0 Å². The molecule has 7 heteroatoms. The van der Waals surface area contributed by atoms with E-state index in [9.17, 15) is 22.0 Å². The van der Waals surface area contributed by atoms with Crippen molar-refractivity contribution in [1.29, 1.82) is 0 Å². The Morgan fingerprint density at radius 1 is 0.889 bits per heavy atom. The lowest BCUT2D eigenvalue weighted by atomic mass is 10.1. The molecule has 0 aliphatic heterocycles. The number of ether oxygens (including phenoxy) is 1. The second-order valence-corrected chi connectivity index (χ2v) is 4.26. The monoisotopic (exact) mass is 269 g/mol. The predicted octanol–water partition coefficient (Wildman–Crippen LogP) is 3.22. The lowest BCUT2D eigenvalue weighted by Crippen LogP contribution is -2.32. The summed E-state index contributed by atoms with van der Waals surface area (Å²) < 4.78 is 70.0. The van der Waals surface area contributed by atoms with Crippen LogP contribution in [0.3, 0.4) is 0 Å². The van der Waals surface area contributed by atoms with Crippen molar-refractivity contribution < 1.29 is 26.7 Å². The average molecular weight is 269 g/mol. The molecule has 0 saturated heterocycles. The van der Waals surface area contributed by atoms with Gasteiger partial charge in [0.25, 0.3) is 0 Å². The standard InChI is InChI=1S/C11H12F5NO/c1-11(2,18-3)4-17-10-8(15)6(13)5(12)7(14)9(10)16/h17H,4H2,1-3H3. The first kappa shape index (κ1) is 14.7. The molecule has 1 aromatic rings. The number of nitrogens with one attached hydrogen (secondary N) is 1. The smallest absolute Gasteiger partial charge is 0.200 e. The molecule has 0 spiro atoms. The van der Waals surface area contributed by atoms with Crippen LogP contribution in [-0.2, 0) is 4.74 Å². The number of hydrogen-bond donors (Lipinski definition) is 1. The van der Waals surface area contributed by atoms with Gasteiger partial charge in [-0.1, -0.05) is 0 Å². The number of rotatable bonds is 4. The fourth-order valence-corrected chi connectivity index (χ4v) is 1.13. The lowest BCUT2D eigenvalue weighted by Gasteiger charge is -2.24. The molecule has 0 unspecified atom stereocenters. The SMILES string of the molecule is COC(C)(C)CNc1c(F)c(F)c(F)c(F)c1F. The van der Waals surface area contributed by atoms with Crippen molar-refractivity contribution in [1.82, 2.24) is 0 Å². The zero-order valence-electron chi connectivity index (χ0n) is 10.0. The van der Waals surface area contributed by atoms with Crippen LogP contribution in [0.15, 0.2) is 0 Å². The molecule has 0 amide bonds. The topological polar surface area (TPSA) is 21.3 Å². The number of halogens is 5. The van der Waals surface area contributed by atoms with Crippen molar-refractivity contribution in [2.45, 2.75) is 19.4 Å². The summed E-state index contributed by atoms with van der Waals surface area (Å²) in [5, 5.41) is 2.16. The molecule has 102 valence electrons. The van der Waals surface area contributed by atoms with Crippen molar-refractivity contribution in [3.63, 3.8) is 0 Å². The van der Waals surface area contributed by atoms with Crippen molar-refractivity contribution in [2.75, 3.05) is 19.0 Å². The normalized spacial score (nSPS) is 11.8. The fourth-order valence-electron chi connectivity index (χ4n) is 1.13. The van der Waals surface area contributed by atoms with E-state index in [1.165, 1.54) is 7.11 Å². The Hall–Kier alpha value is -1.37. The summed E-state index contributed by atoms with van der Waals surface area (Å²) in [7, 11) is 1.36. The Balaban J connectivity index is 3.11. The minimum atomic E-state index is -2.18. The summed E-state index contributed by atoms with van der Waals surface area (Å²) in [6.45, 7) is 3.06. The lowest BCUT2D eigenvalue weighted by molar-refractivity contribution is 0.0342. The summed E-state index contributed by atoms with van der Waals surface area (Å²) in [5.74, 6) is -9.92. The predicted molar refractivity (Wildman–Crippen MR) is 55.8 cm³/mol. The summed E-state index contributed by atoms with van der Waals surface area (Å²) in [6, 6.07) is 0. The van der Waals surface area contributed by atoms with Crippen LogP contribution in [0.4, 0.5) is 27.6 Å². The van der Waals surface area contributed by atoms with E-state index in [4.69, 9.17) is 4.74 Å². The Labute approximate surface area is 101 Å². The molecule has 0 atom stereocenters. The van der Waals surface area contributed by atoms with Gasteiger partial charge >= 0.3 is 0 Å². The summed E-state index contributed by atoms with van der Waals surface area (Å²) in [6.07, 6.45) is 0. The highest BCUT2D eigenvalue weighted by molar-refractivity contribution is 5.48.